The lowest BCUT2D eigenvalue weighted by Gasteiger charge is -2.38. The fraction of sp³-hybridized carbons (Fsp3) is 0.727. The van der Waals surface area contributed by atoms with E-state index in [9.17, 15) is 18.6 Å². The van der Waals surface area contributed by atoms with Crippen molar-refractivity contribution in [1.29, 1.82) is 0 Å². The van der Waals surface area contributed by atoms with Crippen LogP contribution in [0.5, 0.6) is 0 Å². The van der Waals surface area contributed by atoms with Crippen molar-refractivity contribution < 1.29 is 23.7 Å². The highest BCUT2D eigenvalue weighted by molar-refractivity contribution is 7.85. The van der Waals surface area contributed by atoms with Crippen LogP contribution in [0.3, 0.4) is 0 Å². The van der Waals surface area contributed by atoms with Gasteiger partial charge in [-0.25, -0.2) is 4.79 Å². The average molecular weight is 303 g/mol. The van der Waals surface area contributed by atoms with Crippen LogP contribution >= 0.6 is 0 Å². The topological polar surface area (TPSA) is 107 Å². The molecule has 8 nitrogen and oxygen atoms in total. The van der Waals surface area contributed by atoms with Crippen molar-refractivity contribution in [3.8, 4) is 0 Å². The maximum Gasteiger partial charge on any atom is 0.320 e. The summed E-state index contributed by atoms with van der Waals surface area (Å²) in [5.41, 5.74) is 0. The second-order valence-corrected chi connectivity index (χ2v) is 6.41. The number of carboxylic acids is 1. The number of nitrogens with one attached hydrogen (secondary N) is 1. The van der Waals surface area contributed by atoms with E-state index in [1.807, 2.05) is 0 Å². The van der Waals surface area contributed by atoms with Gasteiger partial charge in [-0.05, 0) is 0 Å². The van der Waals surface area contributed by atoms with Gasteiger partial charge in [-0.2, -0.15) is 0 Å². The number of amides is 3. The fourth-order valence-electron chi connectivity index (χ4n) is 2.32. The van der Waals surface area contributed by atoms with E-state index in [2.05, 4.69) is 5.32 Å². The number of piperazine rings is 1. The Morgan fingerprint density at radius 2 is 1.95 bits per heavy atom. The molecule has 1 unspecified atom stereocenters. The van der Waals surface area contributed by atoms with E-state index in [1.165, 1.54) is 9.80 Å². The number of hydrogen-bond donors (Lipinski definition) is 2. The van der Waals surface area contributed by atoms with E-state index in [0.717, 1.165) is 0 Å². The Balaban J connectivity index is 2.07. The summed E-state index contributed by atoms with van der Waals surface area (Å²) in [6, 6.07) is -1.32. The molecular weight excluding hydrogens is 286 g/mol. The molecule has 0 spiro atoms. The molecule has 2 N–H and O–H groups in total. The first-order chi connectivity index (χ1) is 9.49. The standard InChI is InChI=1S/C11H17N3O5S/c15-9(16)7-8-10(17)12-1-2-14(8)11(18)13-3-5-20(19)6-4-13/h8H,1-7H2,(H,12,17)(H,15,16). The molecule has 0 bridgehead atoms. The third-order valence-corrected chi connectivity index (χ3v) is 4.67. The van der Waals surface area contributed by atoms with Crippen molar-refractivity contribution in [3.05, 3.63) is 0 Å². The van der Waals surface area contributed by atoms with Crippen LogP contribution < -0.4 is 5.32 Å². The van der Waals surface area contributed by atoms with Crippen LogP contribution in [0.2, 0.25) is 0 Å². The van der Waals surface area contributed by atoms with E-state index in [4.69, 9.17) is 5.11 Å². The van der Waals surface area contributed by atoms with Crippen molar-refractivity contribution >= 4 is 28.7 Å². The number of carbonyl (C=O) groups excluding carboxylic acids is 2. The smallest absolute Gasteiger partial charge is 0.320 e. The third kappa shape index (κ3) is 3.27. The van der Waals surface area contributed by atoms with Gasteiger partial charge in [0.1, 0.15) is 6.04 Å². The van der Waals surface area contributed by atoms with Gasteiger partial charge in [0, 0.05) is 48.5 Å². The maximum absolute atomic E-state index is 12.4. The third-order valence-electron chi connectivity index (χ3n) is 3.39. The Morgan fingerprint density at radius 3 is 2.55 bits per heavy atom. The van der Waals surface area contributed by atoms with E-state index < -0.39 is 35.1 Å². The van der Waals surface area contributed by atoms with E-state index in [-0.39, 0.29) is 6.03 Å². The number of urea groups is 1. The van der Waals surface area contributed by atoms with Crippen LogP contribution in [-0.2, 0) is 20.4 Å². The minimum Gasteiger partial charge on any atom is -0.481 e. The normalized spacial score (nSPS) is 24.4. The minimum absolute atomic E-state index is 0.294. The molecule has 2 rings (SSSR count). The molecule has 0 aliphatic carbocycles. The van der Waals surface area contributed by atoms with Crippen molar-refractivity contribution in [2.45, 2.75) is 12.5 Å². The second-order valence-electron chi connectivity index (χ2n) is 4.72. The zero-order valence-electron chi connectivity index (χ0n) is 10.9. The minimum atomic E-state index is -1.12. The SMILES string of the molecule is O=C(O)CC1C(=O)NCCN1C(=O)N1CCS(=O)CC1. The largest absolute Gasteiger partial charge is 0.481 e. The van der Waals surface area contributed by atoms with Gasteiger partial charge in [-0.3, -0.25) is 13.8 Å². The molecule has 2 heterocycles. The van der Waals surface area contributed by atoms with Crippen LogP contribution in [0.25, 0.3) is 0 Å². The van der Waals surface area contributed by atoms with Crippen molar-refractivity contribution in [1.82, 2.24) is 15.1 Å². The molecule has 20 heavy (non-hydrogen) atoms. The van der Waals surface area contributed by atoms with Gasteiger partial charge >= 0.3 is 12.0 Å². The molecule has 1 atom stereocenters. The Bertz CT molecular complexity index is 445. The van der Waals surface area contributed by atoms with E-state index in [0.29, 0.717) is 37.7 Å². The summed E-state index contributed by atoms with van der Waals surface area (Å²) in [4.78, 5) is 37.8. The number of rotatable bonds is 2. The van der Waals surface area contributed by atoms with Crippen LogP contribution in [0, 0.1) is 0 Å². The number of hydrogen-bond acceptors (Lipinski definition) is 4. The second kappa shape index (κ2) is 6.21. The van der Waals surface area contributed by atoms with Gasteiger partial charge in [0.25, 0.3) is 0 Å². The molecule has 3 amide bonds. The summed E-state index contributed by atoms with van der Waals surface area (Å²) in [7, 11) is -0.893. The lowest BCUT2D eigenvalue weighted by Crippen LogP contribution is -2.61. The molecule has 0 aromatic rings. The Labute approximate surface area is 118 Å². The first-order valence-corrected chi connectivity index (χ1v) is 7.88. The highest BCUT2D eigenvalue weighted by Gasteiger charge is 2.37. The molecule has 0 aromatic carbocycles. The van der Waals surface area contributed by atoms with Gasteiger partial charge in [-0.15, -0.1) is 0 Å². The van der Waals surface area contributed by atoms with Gasteiger partial charge in [0.2, 0.25) is 5.91 Å². The highest BCUT2D eigenvalue weighted by Crippen LogP contribution is 2.13. The molecule has 112 valence electrons. The van der Waals surface area contributed by atoms with Crippen molar-refractivity contribution in [2.75, 3.05) is 37.7 Å². The molecule has 2 aliphatic rings. The predicted octanol–water partition coefficient (Wildman–Crippen LogP) is -1.55. The number of aliphatic carboxylic acids is 1. The summed E-state index contributed by atoms with van der Waals surface area (Å²) in [5, 5.41) is 11.4. The summed E-state index contributed by atoms with van der Waals surface area (Å²) in [6.45, 7) is 1.37. The summed E-state index contributed by atoms with van der Waals surface area (Å²) in [5.74, 6) is -0.706. The Kier molecular flexibility index (Phi) is 4.58. The molecule has 0 aromatic heterocycles. The fourth-order valence-corrected chi connectivity index (χ4v) is 3.37. The van der Waals surface area contributed by atoms with Gasteiger partial charge in [-0.1, -0.05) is 0 Å². The Morgan fingerprint density at radius 1 is 1.30 bits per heavy atom. The van der Waals surface area contributed by atoms with Crippen molar-refractivity contribution in [3.63, 3.8) is 0 Å². The van der Waals surface area contributed by atoms with Crippen LogP contribution in [0.15, 0.2) is 0 Å². The van der Waals surface area contributed by atoms with Crippen LogP contribution in [0.4, 0.5) is 4.79 Å². The zero-order valence-corrected chi connectivity index (χ0v) is 11.7. The molecule has 2 aliphatic heterocycles. The van der Waals surface area contributed by atoms with E-state index in [1.54, 1.807) is 0 Å². The number of carboxylic acid groups (broad SMARTS) is 1. The van der Waals surface area contributed by atoms with Crippen LogP contribution in [-0.4, -0.2) is 80.7 Å². The zero-order chi connectivity index (χ0) is 14.7. The van der Waals surface area contributed by atoms with Gasteiger partial charge in [0.15, 0.2) is 0 Å². The van der Waals surface area contributed by atoms with Gasteiger partial charge in [0.05, 0.1) is 6.42 Å². The molecule has 0 saturated carbocycles. The van der Waals surface area contributed by atoms with Crippen LogP contribution in [0.1, 0.15) is 6.42 Å². The summed E-state index contributed by atoms with van der Waals surface area (Å²) < 4.78 is 11.3. The monoisotopic (exact) mass is 303 g/mol. The maximum atomic E-state index is 12.4. The molecule has 0 radical (unpaired) electrons. The molecule has 2 saturated heterocycles. The lowest BCUT2D eigenvalue weighted by molar-refractivity contribution is -0.142. The summed E-state index contributed by atoms with van der Waals surface area (Å²) >= 11 is 0. The molecule has 9 heteroatoms. The first-order valence-electron chi connectivity index (χ1n) is 6.39. The highest BCUT2D eigenvalue weighted by atomic mass is 32.2. The molecule has 2 fully saturated rings. The quantitative estimate of drug-likeness (QED) is 0.642. The Hall–Kier alpha value is -1.64. The van der Waals surface area contributed by atoms with Crippen molar-refractivity contribution in [2.24, 2.45) is 0 Å². The van der Waals surface area contributed by atoms with E-state index >= 15 is 0 Å². The number of nitrogens with zero attached hydrogens (tertiary/aromatic N) is 2. The number of carbonyl (C=O) groups is 3. The first kappa shape index (κ1) is 14.8. The summed E-state index contributed by atoms with van der Waals surface area (Å²) in [6.07, 6.45) is -0.405. The average Bonchev–Trinajstić information content (AvgIpc) is 2.41. The van der Waals surface area contributed by atoms with Gasteiger partial charge < -0.3 is 20.2 Å². The predicted molar refractivity (Wildman–Crippen MR) is 70.6 cm³/mol. The molecular formula is C11H17N3O5S. The lowest BCUT2D eigenvalue weighted by atomic mass is 10.1.